The zero-order valence-electron chi connectivity index (χ0n) is 13.6. The van der Waals surface area contributed by atoms with Crippen LogP contribution in [0.15, 0.2) is 41.0 Å². The number of furan rings is 1. The topological polar surface area (TPSA) is 76.5 Å². The van der Waals surface area contributed by atoms with Gasteiger partial charge >= 0.3 is 0 Å². The maximum absolute atomic E-state index is 12.5. The second kappa shape index (κ2) is 8.52. The van der Waals surface area contributed by atoms with Gasteiger partial charge in [0, 0.05) is 29.6 Å². The van der Waals surface area contributed by atoms with Gasteiger partial charge in [-0.3, -0.25) is 9.59 Å². The van der Waals surface area contributed by atoms with E-state index < -0.39 is 0 Å². The van der Waals surface area contributed by atoms with Crippen molar-refractivity contribution in [3.63, 3.8) is 0 Å². The number of hydrogen-bond donors (Lipinski definition) is 1. The fraction of sp³-hybridized carbons (Fsp3) is 0.333. The van der Waals surface area contributed by atoms with Crippen LogP contribution in [0.5, 0.6) is 0 Å². The van der Waals surface area contributed by atoms with Crippen LogP contribution in [0.2, 0.25) is 5.02 Å². The smallest absolute Gasteiger partial charge is 0.257 e. The highest BCUT2D eigenvalue weighted by Gasteiger charge is 2.28. The molecule has 2 heterocycles. The van der Waals surface area contributed by atoms with Gasteiger partial charge in [-0.15, -0.1) is 12.4 Å². The monoisotopic (exact) mass is 382 g/mol. The quantitative estimate of drug-likeness (QED) is 0.820. The zero-order valence-corrected chi connectivity index (χ0v) is 15.2. The van der Waals surface area contributed by atoms with Gasteiger partial charge in [-0.1, -0.05) is 11.6 Å². The number of nitrogens with zero attached hydrogens (tertiary/aromatic N) is 1. The molecule has 2 N–H and O–H groups in total. The van der Waals surface area contributed by atoms with Crippen molar-refractivity contribution in [2.24, 2.45) is 11.7 Å². The fourth-order valence-corrected chi connectivity index (χ4v) is 3.10. The van der Waals surface area contributed by atoms with E-state index in [0.29, 0.717) is 47.8 Å². The third-order valence-electron chi connectivity index (χ3n) is 4.38. The average Bonchev–Trinajstić information content (AvgIpc) is 3.10. The van der Waals surface area contributed by atoms with Gasteiger partial charge in [0.2, 0.25) is 0 Å². The zero-order chi connectivity index (χ0) is 17.1. The number of likely N-dealkylation sites (tertiary alicyclic amines) is 1. The minimum atomic E-state index is -0.0733. The summed E-state index contributed by atoms with van der Waals surface area (Å²) in [4.78, 5) is 26.7. The van der Waals surface area contributed by atoms with Crippen LogP contribution < -0.4 is 5.73 Å². The lowest BCUT2D eigenvalue weighted by Gasteiger charge is -2.31. The maximum atomic E-state index is 12.5. The molecule has 7 heteroatoms. The van der Waals surface area contributed by atoms with Crippen LogP contribution in [0.1, 0.15) is 39.3 Å². The number of halogens is 2. The molecule has 0 atom stereocenters. The molecule has 1 fully saturated rings. The van der Waals surface area contributed by atoms with E-state index >= 15 is 0 Å². The lowest BCUT2D eigenvalue weighted by atomic mass is 9.89. The Balaban J connectivity index is 0.00000225. The highest BCUT2D eigenvalue weighted by atomic mass is 35.5. The Hall–Kier alpha value is -1.82. The summed E-state index contributed by atoms with van der Waals surface area (Å²) in [6.07, 6.45) is 2.76. The summed E-state index contributed by atoms with van der Waals surface area (Å²) in [6.45, 7) is 1.39. The van der Waals surface area contributed by atoms with E-state index in [0.717, 1.165) is 0 Å². The van der Waals surface area contributed by atoms with E-state index in [4.69, 9.17) is 21.8 Å². The molecule has 5 nitrogen and oxygen atoms in total. The Kier molecular flexibility index (Phi) is 6.64. The van der Waals surface area contributed by atoms with E-state index in [9.17, 15) is 9.59 Å². The highest BCUT2D eigenvalue weighted by molar-refractivity contribution is 6.30. The molecule has 1 saturated heterocycles. The molecule has 0 spiro atoms. The number of Topliss-reactive ketones (excluding diaryl/α,β-unsaturated/α-hetero) is 1. The summed E-state index contributed by atoms with van der Waals surface area (Å²) in [6, 6.07) is 8.63. The molecule has 2 aromatic rings. The normalized spacial score (nSPS) is 14.9. The molecule has 0 saturated carbocycles. The first-order chi connectivity index (χ1) is 11.6. The molecular formula is C18H20Cl2N2O3. The number of amides is 1. The molecule has 0 radical (unpaired) electrons. The van der Waals surface area contributed by atoms with E-state index in [1.807, 2.05) is 0 Å². The van der Waals surface area contributed by atoms with Crippen LogP contribution in [0.25, 0.3) is 0 Å². The highest BCUT2D eigenvalue weighted by Crippen LogP contribution is 2.24. The molecule has 0 aliphatic carbocycles. The summed E-state index contributed by atoms with van der Waals surface area (Å²) in [5.41, 5.74) is 6.68. The van der Waals surface area contributed by atoms with Crippen molar-refractivity contribution in [2.75, 3.05) is 13.1 Å². The Bertz CT molecular complexity index is 735. The van der Waals surface area contributed by atoms with Crippen molar-refractivity contribution < 1.29 is 14.0 Å². The SMILES string of the molecule is Cl.NCc1cc(C(=O)N2CCC(C(=O)c3ccc(Cl)cc3)CC2)co1. The van der Waals surface area contributed by atoms with Crippen molar-refractivity contribution in [3.8, 4) is 0 Å². The summed E-state index contributed by atoms with van der Waals surface area (Å²) in [5, 5.41) is 0.615. The predicted molar refractivity (Wildman–Crippen MR) is 98.3 cm³/mol. The summed E-state index contributed by atoms with van der Waals surface area (Å²) in [7, 11) is 0. The third kappa shape index (κ3) is 4.42. The van der Waals surface area contributed by atoms with E-state index in [-0.39, 0.29) is 36.6 Å². The first-order valence-corrected chi connectivity index (χ1v) is 8.33. The number of rotatable bonds is 4. The Morgan fingerprint density at radius 3 is 2.36 bits per heavy atom. The number of piperidine rings is 1. The van der Waals surface area contributed by atoms with Crippen molar-refractivity contribution >= 4 is 35.7 Å². The minimum absolute atomic E-state index is 0. The van der Waals surface area contributed by atoms with Crippen LogP contribution in [0.3, 0.4) is 0 Å². The Morgan fingerprint density at radius 2 is 1.80 bits per heavy atom. The predicted octanol–water partition coefficient (Wildman–Crippen LogP) is 3.55. The molecular weight excluding hydrogens is 363 g/mol. The maximum Gasteiger partial charge on any atom is 0.257 e. The number of nitrogens with two attached hydrogens (primary N) is 1. The third-order valence-corrected chi connectivity index (χ3v) is 4.64. The first-order valence-electron chi connectivity index (χ1n) is 7.95. The van der Waals surface area contributed by atoms with Gasteiger partial charge < -0.3 is 15.1 Å². The number of hydrogen-bond acceptors (Lipinski definition) is 4. The molecule has 1 aliphatic rings. The van der Waals surface area contributed by atoms with Crippen LogP contribution in [0, 0.1) is 5.92 Å². The second-order valence-corrected chi connectivity index (χ2v) is 6.38. The van der Waals surface area contributed by atoms with Gasteiger partial charge in [-0.2, -0.15) is 0 Å². The van der Waals surface area contributed by atoms with Gasteiger partial charge in [0.15, 0.2) is 5.78 Å². The summed E-state index contributed by atoms with van der Waals surface area (Å²) < 4.78 is 5.22. The van der Waals surface area contributed by atoms with Gasteiger partial charge in [-0.25, -0.2) is 0 Å². The number of carbonyl (C=O) groups excluding carboxylic acids is 2. The van der Waals surface area contributed by atoms with E-state index in [1.54, 1.807) is 35.2 Å². The largest absolute Gasteiger partial charge is 0.467 e. The molecule has 1 amide bonds. The fourth-order valence-electron chi connectivity index (χ4n) is 2.98. The van der Waals surface area contributed by atoms with Gasteiger partial charge in [-0.05, 0) is 43.2 Å². The Morgan fingerprint density at radius 1 is 1.16 bits per heavy atom. The minimum Gasteiger partial charge on any atom is -0.467 e. The van der Waals surface area contributed by atoms with E-state index in [1.165, 1.54) is 6.26 Å². The van der Waals surface area contributed by atoms with Crippen LogP contribution in [-0.2, 0) is 6.54 Å². The van der Waals surface area contributed by atoms with Crippen molar-refractivity contribution in [1.82, 2.24) is 4.90 Å². The van der Waals surface area contributed by atoms with Crippen LogP contribution in [-0.4, -0.2) is 29.7 Å². The van der Waals surface area contributed by atoms with Crippen LogP contribution >= 0.6 is 24.0 Å². The number of carbonyl (C=O) groups is 2. The lowest BCUT2D eigenvalue weighted by Crippen LogP contribution is -2.40. The summed E-state index contributed by atoms with van der Waals surface area (Å²) in [5.74, 6) is 0.577. The van der Waals surface area contributed by atoms with Gasteiger partial charge in [0.1, 0.15) is 12.0 Å². The standard InChI is InChI=1S/C18H19ClN2O3.ClH/c19-15-3-1-12(2-4-15)17(22)13-5-7-21(8-6-13)18(23)14-9-16(10-20)24-11-14;/h1-4,9,11,13H,5-8,10,20H2;1H. The molecule has 1 aromatic carbocycles. The molecule has 3 rings (SSSR count). The van der Waals surface area contributed by atoms with Crippen molar-refractivity contribution in [1.29, 1.82) is 0 Å². The van der Waals surface area contributed by atoms with Crippen molar-refractivity contribution in [2.45, 2.75) is 19.4 Å². The van der Waals surface area contributed by atoms with Gasteiger partial charge in [0.05, 0.1) is 12.1 Å². The Labute approximate surface area is 157 Å². The van der Waals surface area contributed by atoms with Crippen molar-refractivity contribution in [3.05, 3.63) is 58.5 Å². The van der Waals surface area contributed by atoms with Gasteiger partial charge in [0.25, 0.3) is 5.91 Å². The van der Waals surface area contributed by atoms with Crippen LogP contribution in [0.4, 0.5) is 0 Å². The second-order valence-electron chi connectivity index (χ2n) is 5.94. The van der Waals surface area contributed by atoms with E-state index in [2.05, 4.69) is 0 Å². The molecule has 0 bridgehead atoms. The average molecular weight is 383 g/mol. The molecule has 0 unspecified atom stereocenters. The molecule has 1 aliphatic heterocycles. The summed E-state index contributed by atoms with van der Waals surface area (Å²) >= 11 is 5.86. The number of ketones is 1. The molecule has 25 heavy (non-hydrogen) atoms. The number of benzene rings is 1. The first kappa shape index (κ1) is 19.5. The lowest BCUT2D eigenvalue weighted by molar-refractivity contribution is 0.0649. The molecule has 1 aromatic heterocycles. The molecule has 134 valence electrons.